The van der Waals surface area contributed by atoms with Crippen LogP contribution in [0.15, 0.2) is 24.3 Å². The molecule has 1 saturated heterocycles. The molecular formula is C14H22N2. The minimum atomic E-state index is 0.739. The Bertz CT molecular complexity index is 310. The molecule has 0 radical (unpaired) electrons. The summed E-state index contributed by atoms with van der Waals surface area (Å²) in [4.78, 5) is 2.23. The first-order chi connectivity index (χ1) is 7.75. The predicted molar refractivity (Wildman–Crippen MR) is 68.9 cm³/mol. The van der Waals surface area contributed by atoms with Gasteiger partial charge in [0.15, 0.2) is 0 Å². The van der Waals surface area contributed by atoms with Crippen LogP contribution in [0.4, 0.5) is 0 Å². The van der Waals surface area contributed by atoms with Gasteiger partial charge in [0, 0.05) is 13.1 Å². The highest BCUT2D eigenvalue weighted by Crippen LogP contribution is 2.22. The molecule has 1 fully saturated rings. The van der Waals surface area contributed by atoms with Crippen molar-refractivity contribution in [1.82, 2.24) is 10.2 Å². The zero-order valence-electron chi connectivity index (χ0n) is 10.4. The average Bonchev–Trinajstić information content (AvgIpc) is 2.80. The van der Waals surface area contributed by atoms with Crippen LogP contribution in [0.5, 0.6) is 0 Å². The number of nitrogens with one attached hydrogen (secondary N) is 1. The van der Waals surface area contributed by atoms with E-state index in [9.17, 15) is 0 Å². The Labute approximate surface area is 98.7 Å². The van der Waals surface area contributed by atoms with Gasteiger partial charge < -0.3 is 10.2 Å². The topological polar surface area (TPSA) is 15.3 Å². The molecule has 2 heteroatoms. The molecule has 16 heavy (non-hydrogen) atoms. The van der Waals surface area contributed by atoms with Gasteiger partial charge in [-0.15, -0.1) is 0 Å². The molecule has 0 amide bonds. The molecular weight excluding hydrogens is 196 g/mol. The van der Waals surface area contributed by atoms with Crippen molar-refractivity contribution < 1.29 is 0 Å². The van der Waals surface area contributed by atoms with E-state index in [1.165, 1.54) is 24.1 Å². The summed E-state index contributed by atoms with van der Waals surface area (Å²) in [6.07, 6.45) is 2.44. The number of hydrogen-bond acceptors (Lipinski definition) is 2. The molecule has 1 aliphatic rings. The molecule has 2 nitrogen and oxygen atoms in total. The summed E-state index contributed by atoms with van der Waals surface area (Å²) in [7, 11) is 4.25. The van der Waals surface area contributed by atoms with Crippen molar-refractivity contribution in [3.63, 3.8) is 0 Å². The number of likely N-dealkylation sites (N-methyl/N-ethyl adjacent to an activating group) is 1. The minimum absolute atomic E-state index is 0.739. The third-order valence-electron chi connectivity index (χ3n) is 3.36. The van der Waals surface area contributed by atoms with E-state index in [0.717, 1.165) is 25.4 Å². The summed E-state index contributed by atoms with van der Waals surface area (Å²) in [6.45, 7) is 3.45. The van der Waals surface area contributed by atoms with E-state index in [1.54, 1.807) is 0 Å². The van der Waals surface area contributed by atoms with E-state index >= 15 is 0 Å². The van der Waals surface area contributed by atoms with Crippen molar-refractivity contribution in [2.24, 2.45) is 0 Å². The Hall–Kier alpha value is -0.860. The molecule has 0 bridgehead atoms. The molecule has 0 aliphatic carbocycles. The van der Waals surface area contributed by atoms with E-state index in [4.69, 9.17) is 0 Å². The van der Waals surface area contributed by atoms with Crippen LogP contribution < -0.4 is 5.32 Å². The van der Waals surface area contributed by atoms with Gasteiger partial charge in [-0.1, -0.05) is 24.3 Å². The number of rotatable bonds is 4. The van der Waals surface area contributed by atoms with E-state index in [2.05, 4.69) is 48.6 Å². The highest BCUT2D eigenvalue weighted by atomic mass is 15.0. The summed E-state index contributed by atoms with van der Waals surface area (Å²) in [5.41, 5.74) is 2.95. The molecule has 2 rings (SSSR count). The van der Waals surface area contributed by atoms with Gasteiger partial charge in [-0.05, 0) is 50.5 Å². The molecule has 1 aliphatic heterocycles. The first-order valence-electron chi connectivity index (χ1n) is 6.20. The maximum Gasteiger partial charge on any atom is 0.00206 e. The van der Waals surface area contributed by atoms with Gasteiger partial charge in [0.25, 0.3) is 0 Å². The second-order valence-corrected chi connectivity index (χ2v) is 4.98. The van der Waals surface area contributed by atoms with Crippen LogP contribution in [0.25, 0.3) is 0 Å². The average molecular weight is 218 g/mol. The predicted octanol–water partition coefficient (Wildman–Crippen LogP) is 1.87. The summed E-state index contributed by atoms with van der Waals surface area (Å²) in [5, 5.41) is 3.42. The number of hydrogen-bond donors (Lipinski definition) is 1. The maximum atomic E-state index is 3.42. The highest BCUT2D eigenvalue weighted by molar-refractivity contribution is 5.26. The molecule has 1 aromatic rings. The smallest absolute Gasteiger partial charge is 0.00206 e. The van der Waals surface area contributed by atoms with Crippen molar-refractivity contribution in [2.45, 2.75) is 18.8 Å². The van der Waals surface area contributed by atoms with Crippen LogP contribution in [0.1, 0.15) is 23.5 Å². The SMILES string of the molecule is CN(C)CCc1ccc(C2CCNC2)cc1. The van der Waals surface area contributed by atoms with Crippen LogP contribution >= 0.6 is 0 Å². The van der Waals surface area contributed by atoms with Gasteiger partial charge in [0.1, 0.15) is 0 Å². The second-order valence-electron chi connectivity index (χ2n) is 4.98. The van der Waals surface area contributed by atoms with Gasteiger partial charge in [0.05, 0.1) is 0 Å². The zero-order valence-corrected chi connectivity index (χ0v) is 10.4. The lowest BCUT2D eigenvalue weighted by Crippen LogP contribution is -2.15. The van der Waals surface area contributed by atoms with Crippen LogP contribution in [-0.4, -0.2) is 38.6 Å². The molecule has 1 aromatic carbocycles. The van der Waals surface area contributed by atoms with Gasteiger partial charge >= 0.3 is 0 Å². The number of nitrogens with zero attached hydrogens (tertiary/aromatic N) is 1. The Balaban J connectivity index is 1.93. The molecule has 1 atom stereocenters. The first-order valence-corrected chi connectivity index (χ1v) is 6.20. The summed E-state index contributed by atoms with van der Waals surface area (Å²) < 4.78 is 0. The van der Waals surface area contributed by atoms with Crippen LogP contribution in [0, 0.1) is 0 Å². The standard InChI is InChI=1S/C14H22N2/c1-16(2)10-8-12-3-5-13(6-4-12)14-7-9-15-11-14/h3-6,14-15H,7-11H2,1-2H3. The Morgan fingerprint density at radius 1 is 1.25 bits per heavy atom. The largest absolute Gasteiger partial charge is 0.316 e. The fourth-order valence-corrected chi connectivity index (χ4v) is 2.25. The van der Waals surface area contributed by atoms with Gasteiger partial charge in [-0.2, -0.15) is 0 Å². The van der Waals surface area contributed by atoms with Crippen molar-refractivity contribution in [3.05, 3.63) is 35.4 Å². The van der Waals surface area contributed by atoms with E-state index in [1.807, 2.05) is 0 Å². The zero-order chi connectivity index (χ0) is 11.4. The fourth-order valence-electron chi connectivity index (χ4n) is 2.25. The van der Waals surface area contributed by atoms with Gasteiger partial charge in [0.2, 0.25) is 0 Å². The Kier molecular flexibility index (Phi) is 3.97. The highest BCUT2D eigenvalue weighted by Gasteiger charge is 2.15. The Morgan fingerprint density at radius 3 is 2.56 bits per heavy atom. The van der Waals surface area contributed by atoms with Crippen molar-refractivity contribution in [2.75, 3.05) is 33.7 Å². The molecule has 1 N–H and O–H groups in total. The summed E-state index contributed by atoms with van der Waals surface area (Å²) >= 11 is 0. The normalized spacial score (nSPS) is 20.6. The maximum absolute atomic E-state index is 3.42. The molecule has 1 heterocycles. The van der Waals surface area contributed by atoms with Gasteiger partial charge in [-0.3, -0.25) is 0 Å². The molecule has 0 saturated carbocycles. The molecule has 0 spiro atoms. The van der Waals surface area contributed by atoms with Crippen molar-refractivity contribution >= 4 is 0 Å². The summed E-state index contributed by atoms with van der Waals surface area (Å²) in [6, 6.07) is 9.19. The number of benzene rings is 1. The van der Waals surface area contributed by atoms with E-state index < -0.39 is 0 Å². The quantitative estimate of drug-likeness (QED) is 0.830. The van der Waals surface area contributed by atoms with Crippen LogP contribution in [0.3, 0.4) is 0 Å². The lowest BCUT2D eigenvalue weighted by molar-refractivity contribution is 0.413. The lowest BCUT2D eigenvalue weighted by atomic mass is 9.97. The van der Waals surface area contributed by atoms with Crippen LogP contribution in [-0.2, 0) is 6.42 Å². The lowest BCUT2D eigenvalue weighted by Gasteiger charge is -2.11. The minimum Gasteiger partial charge on any atom is -0.316 e. The van der Waals surface area contributed by atoms with Gasteiger partial charge in [-0.25, -0.2) is 0 Å². The first kappa shape index (κ1) is 11.6. The third kappa shape index (κ3) is 3.06. The fraction of sp³-hybridized carbons (Fsp3) is 0.571. The monoisotopic (exact) mass is 218 g/mol. The van der Waals surface area contributed by atoms with E-state index in [-0.39, 0.29) is 0 Å². The van der Waals surface area contributed by atoms with Crippen molar-refractivity contribution in [3.8, 4) is 0 Å². The van der Waals surface area contributed by atoms with E-state index in [0.29, 0.717) is 0 Å². The molecule has 88 valence electrons. The summed E-state index contributed by atoms with van der Waals surface area (Å²) in [5.74, 6) is 0.739. The molecule has 1 unspecified atom stereocenters. The van der Waals surface area contributed by atoms with Crippen LogP contribution in [0.2, 0.25) is 0 Å². The second kappa shape index (κ2) is 5.46. The third-order valence-corrected chi connectivity index (χ3v) is 3.36. The van der Waals surface area contributed by atoms with Crippen molar-refractivity contribution in [1.29, 1.82) is 0 Å². The Morgan fingerprint density at radius 2 is 2.00 bits per heavy atom. The molecule has 0 aromatic heterocycles.